The van der Waals surface area contributed by atoms with Crippen molar-refractivity contribution in [3.8, 4) is 0 Å². The number of hydrogen-bond acceptors (Lipinski definition) is 2. The fraction of sp³-hybridized carbons (Fsp3) is 0.222. The van der Waals surface area contributed by atoms with E-state index in [-0.39, 0.29) is 0 Å². The largest absolute Gasteiger partial charge is 0.314 e. The summed E-state index contributed by atoms with van der Waals surface area (Å²) in [6, 6.07) is 5.97. The lowest BCUT2D eigenvalue weighted by molar-refractivity contribution is 0.778. The van der Waals surface area contributed by atoms with Crippen LogP contribution < -0.4 is 5.32 Å². The van der Waals surface area contributed by atoms with Crippen LogP contribution in [0.15, 0.2) is 29.0 Å². The van der Waals surface area contributed by atoms with Crippen LogP contribution in [0.1, 0.15) is 5.69 Å². The van der Waals surface area contributed by atoms with E-state index in [0.717, 1.165) is 22.5 Å². The summed E-state index contributed by atoms with van der Waals surface area (Å²) in [7, 11) is 1.93. The van der Waals surface area contributed by atoms with Crippen LogP contribution in [-0.2, 0) is 6.54 Å². The molecule has 0 saturated heterocycles. The van der Waals surface area contributed by atoms with E-state index in [1.54, 1.807) is 0 Å². The van der Waals surface area contributed by atoms with Gasteiger partial charge in [0, 0.05) is 12.7 Å². The van der Waals surface area contributed by atoms with Gasteiger partial charge in [0.15, 0.2) is 0 Å². The average Bonchev–Trinajstić information content (AvgIpc) is 2.44. The van der Waals surface area contributed by atoms with Gasteiger partial charge in [0.25, 0.3) is 0 Å². The van der Waals surface area contributed by atoms with Crippen molar-refractivity contribution < 1.29 is 0 Å². The summed E-state index contributed by atoms with van der Waals surface area (Å²) >= 11 is 3.44. The molecule has 13 heavy (non-hydrogen) atoms. The minimum Gasteiger partial charge on any atom is -0.314 e. The van der Waals surface area contributed by atoms with Crippen LogP contribution in [0.2, 0.25) is 0 Å². The normalized spacial score (nSPS) is 10.9. The minimum atomic E-state index is 0.811. The van der Waals surface area contributed by atoms with E-state index in [4.69, 9.17) is 0 Å². The summed E-state index contributed by atoms with van der Waals surface area (Å²) in [6.07, 6.45) is 2.01. The molecule has 0 spiro atoms. The number of pyridine rings is 1. The predicted molar refractivity (Wildman–Crippen MR) is 55.7 cm³/mol. The maximum Gasteiger partial charge on any atom is 0.138 e. The van der Waals surface area contributed by atoms with E-state index >= 15 is 0 Å². The number of nitrogens with one attached hydrogen (secondary N) is 1. The lowest BCUT2D eigenvalue weighted by Crippen LogP contribution is -2.07. The molecular weight excluding hydrogens is 230 g/mol. The average molecular weight is 240 g/mol. The Labute approximate surface area is 84.9 Å². The number of rotatable bonds is 2. The third-order valence-corrected chi connectivity index (χ3v) is 2.56. The molecule has 2 rings (SSSR count). The molecular formula is C9H10BrN3. The molecule has 2 aromatic heterocycles. The van der Waals surface area contributed by atoms with Crippen LogP contribution >= 0.6 is 15.9 Å². The number of hydrogen-bond donors (Lipinski definition) is 1. The van der Waals surface area contributed by atoms with Gasteiger partial charge >= 0.3 is 0 Å². The molecule has 2 aromatic rings. The van der Waals surface area contributed by atoms with Crippen molar-refractivity contribution in [3.63, 3.8) is 0 Å². The van der Waals surface area contributed by atoms with Crippen LogP contribution in [0.4, 0.5) is 0 Å². The topological polar surface area (TPSA) is 29.3 Å². The second-order valence-electron chi connectivity index (χ2n) is 2.81. The van der Waals surface area contributed by atoms with Crippen LogP contribution in [0.3, 0.4) is 0 Å². The van der Waals surface area contributed by atoms with Gasteiger partial charge in [-0.2, -0.15) is 0 Å². The van der Waals surface area contributed by atoms with E-state index in [2.05, 4.69) is 30.6 Å². The first-order valence-corrected chi connectivity index (χ1v) is 4.88. The maximum atomic E-state index is 4.37. The van der Waals surface area contributed by atoms with Crippen LogP contribution in [0.25, 0.3) is 5.65 Å². The van der Waals surface area contributed by atoms with Crippen molar-refractivity contribution in [2.45, 2.75) is 6.54 Å². The highest BCUT2D eigenvalue weighted by Gasteiger charge is 2.06. The van der Waals surface area contributed by atoms with E-state index in [9.17, 15) is 0 Å². The van der Waals surface area contributed by atoms with Crippen LogP contribution in [-0.4, -0.2) is 16.4 Å². The van der Waals surface area contributed by atoms with Gasteiger partial charge in [-0.05, 0) is 35.1 Å². The summed E-state index contributed by atoms with van der Waals surface area (Å²) in [5.41, 5.74) is 2.12. The molecule has 3 nitrogen and oxygen atoms in total. The first-order valence-electron chi connectivity index (χ1n) is 4.09. The van der Waals surface area contributed by atoms with Gasteiger partial charge < -0.3 is 9.72 Å². The van der Waals surface area contributed by atoms with Crippen molar-refractivity contribution in [3.05, 3.63) is 34.7 Å². The van der Waals surface area contributed by atoms with Crippen molar-refractivity contribution in [1.82, 2.24) is 14.7 Å². The van der Waals surface area contributed by atoms with Gasteiger partial charge in [-0.25, -0.2) is 4.98 Å². The van der Waals surface area contributed by atoms with E-state index in [0.29, 0.717) is 0 Å². The Balaban J connectivity index is 2.64. The number of imidazole rings is 1. The molecule has 0 atom stereocenters. The third-order valence-electron chi connectivity index (χ3n) is 1.92. The fourth-order valence-corrected chi connectivity index (χ4v) is 1.86. The number of aromatic nitrogens is 2. The third kappa shape index (κ3) is 1.47. The molecule has 0 fully saturated rings. The Bertz CT molecular complexity index is 422. The Kier molecular flexibility index (Phi) is 2.33. The highest BCUT2D eigenvalue weighted by Crippen LogP contribution is 2.17. The molecule has 0 aliphatic carbocycles. The van der Waals surface area contributed by atoms with Crippen molar-refractivity contribution in [2.75, 3.05) is 7.05 Å². The fourth-order valence-electron chi connectivity index (χ4n) is 1.34. The Morgan fingerprint density at radius 2 is 2.38 bits per heavy atom. The first kappa shape index (κ1) is 8.72. The minimum absolute atomic E-state index is 0.811. The maximum absolute atomic E-state index is 4.37. The van der Waals surface area contributed by atoms with Crippen LogP contribution in [0.5, 0.6) is 0 Å². The summed E-state index contributed by atoms with van der Waals surface area (Å²) in [4.78, 5) is 4.37. The second kappa shape index (κ2) is 3.47. The first-order chi connectivity index (χ1) is 6.33. The Hall–Kier alpha value is -0.870. The molecule has 4 heteroatoms. The summed E-state index contributed by atoms with van der Waals surface area (Å²) in [5, 5.41) is 3.11. The van der Waals surface area contributed by atoms with Gasteiger partial charge in [0.2, 0.25) is 0 Å². The summed E-state index contributed by atoms with van der Waals surface area (Å²) in [6.45, 7) is 0.811. The number of halogens is 1. The smallest absolute Gasteiger partial charge is 0.138 e. The van der Waals surface area contributed by atoms with Gasteiger partial charge in [-0.1, -0.05) is 6.07 Å². The van der Waals surface area contributed by atoms with Crippen LogP contribution in [0, 0.1) is 0 Å². The predicted octanol–water partition coefficient (Wildman–Crippen LogP) is 1.82. The van der Waals surface area contributed by atoms with E-state index in [1.165, 1.54) is 0 Å². The molecule has 1 N–H and O–H groups in total. The quantitative estimate of drug-likeness (QED) is 0.867. The van der Waals surface area contributed by atoms with Gasteiger partial charge in [-0.15, -0.1) is 0 Å². The Morgan fingerprint density at radius 1 is 1.54 bits per heavy atom. The van der Waals surface area contributed by atoms with Gasteiger partial charge in [-0.3, -0.25) is 0 Å². The summed E-state index contributed by atoms with van der Waals surface area (Å²) < 4.78 is 2.98. The lowest BCUT2D eigenvalue weighted by atomic mass is 10.4. The van der Waals surface area contributed by atoms with E-state index in [1.807, 2.05) is 31.4 Å². The number of nitrogens with zero attached hydrogens (tertiary/aromatic N) is 2. The van der Waals surface area contributed by atoms with Gasteiger partial charge in [0.1, 0.15) is 10.3 Å². The van der Waals surface area contributed by atoms with E-state index < -0.39 is 0 Å². The monoisotopic (exact) mass is 239 g/mol. The Morgan fingerprint density at radius 3 is 3.15 bits per heavy atom. The molecule has 0 unspecified atom stereocenters. The molecule has 0 bridgehead atoms. The second-order valence-corrected chi connectivity index (χ2v) is 3.56. The standard InChI is InChI=1S/C9H10BrN3/c1-11-6-7-9(10)12-8-4-2-3-5-13(7)8/h2-5,11H,6H2,1H3. The molecule has 0 radical (unpaired) electrons. The molecule has 2 heterocycles. The van der Waals surface area contributed by atoms with Crippen molar-refractivity contribution in [1.29, 1.82) is 0 Å². The molecule has 0 aliphatic heterocycles. The zero-order valence-corrected chi connectivity index (χ0v) is 8.87. The highest BCUT2D eigenvalue weighted by molar-refractivity contribution is 9.10. The van der Waals surface area contributed by atoms with Crippen molar-refractivity contribution in [2.24, 2.45) is 0 Å². The molecule has 68 valence electrons. The molecule has 0 aromatic carbocycles. The van der Waals surface area contributed by atoms with Crippen molar-refractivity contribution >= 4 is 21.6 Å². The molecule has 0 amide bonds. The molecule has 0 saturated carbocycles. The highest BCUT2D eigenvalue weighted by atomic mass is 79.9. The molecule has 0 aliphatic rings. The summed E-state index contributed by atoms with van der Waals surface area (Å²) in [5.74, 6) is 0. The zero-order chi connectivity index (χ0) is 9.26. The SMILES string of the molecule is CNCc1c(Br)nc2ccccn12. The zero-order valence-electron chi connectivity index (χ0n) is 7.29. The number of fused-ring (bicyclic) bond motifs is 1. The van der Waals surface area contributed by atoms with Gasteiger partial charge in [0.05, 0.1) is 5.69 Å². The lowest BCUT2D eigenvalue weighted by Gasteiger charge is -1.99.